The van der Waals surface area contributed by atoms with Gasteiger partial charge in [-0.05, 0) is 47.5 Å². The molecule has 3 aromatic carbocycles. The van der Waals surface area contributed by atoms with Gasteiger partial charge in [-0.25, -0.2) is 9.18 Å². The second-order valence-electron chi connectivity index (χ2n) is 7.73. The van der Waals surface area contributed by atoms with E-state index in [-0.39, 0.29) is 11.8 Å². The first-order valence-corrected chi connectivity index (χ1v) is 10.6. The van der Waals surface area contributed by atoms with Gasteiger partial charge in [0.25, 0.3) is 0 Å². The van der Waals surface area contributed by atoms with E-state index in [1.54, 1.807) is 12.1 Å². The van der Waals surface area contributed by atoms with Crippen molar-refractivity contribution in [2.75, 3.05) is 36.4 Å². The van der Waals surface area contributed by atoms with Gasteiger partial charge in [-0.15, -0.1) is 0 Å². The van der Waals surface area contributed by atoms with Crippen LogP contribution in [0, 0.1) is 5.82 Å². The van der Waals surface area contributed by atoms with Crippen molar-refractivity contribution in [3.63, 3.8) is 0 Å². The monoisotopic (exact) mass is 418 g/mol. The highest BCUT2D eigenvalue weighted by Gasteiger charge is 2.17. The summed E-state index contributed by atoms with van der Waals surface area (Å²) < 4.78 is 12.9. The van der Waals surface area contributed by atoms with Gasteiger partial charge in [0.1, 0.15) is 5.82 Å². The number of amides is 2. The average molecular weight is 419 g/mol. The van der Waals surface area contributed by atoms with E-state index in [1.807, 2.05) is 18.2 Å². The Morgan fingerprint density at radius 3 is 2.13 bits per heavy atom. The SMILES string of the molecule is O=C(NCc1ccc(F)cc1)Nc1ccc(CN2CCN(c3ccccc3)CC2)cc1. The fraction of sp³-hybridized carbons (Fsp3) is 0.240. The Morgan fingerprint density at radius 1 is 0.806 bits per heavy atom. The quantitative estimate of drug-likeness (QED) is 0.621. The molecule has 0 saturated carbocycles. The molecule has 0 bridgehead atoms. The number of carbonyl (C=O) groups is 1. The smallest absolute Gasteiger partial charge is 0.319 e. The molecule has 2 amide bonds. The topological polar surface area (TPSA) is 47.6 Å². The molecule has 31 heavy (non-hydrogen) atoms. The summed E-state index contributed by atoms with van der Waals surface area (Å²) in [5.74, 6) is -0.286. The Labute approximate surface area is 182 Å². The molecule has 1 aliphatic heterocycles. The third-order valence-electron chi connectivity index (χ3n) is 5.48. The molecular formula is C25H27FN4O. The molecule has 0 aromatic heterocycles. The molecule has 0 spiro atoms. The molecule has 4 rings (SSSR count). The van der Waals surface area contributed by atoms with Crippen molar-refractivity contribution in [2.24, 2.45) is 0 Å². The lowest BCUT2D eigenvalue weighted by Gasteiger charge is -2.36. The van der Waals surface area contributed by atoms with Crippen molar-refractivity contribution in [3.05, 3.63) is 95.8 Å². The van der Waals surface area contributed by atoms with Gasteiger partial charge < -0.3 is 15.5 Å². The number of hydrogen-bond acceptors (Lipinski definition) is 3. The number of urea groups is 1. The van der Waals surface area contributed by atoms with Gasteiger partial charge in [0, 0.05) is 50.6 Å². The first-order chi connectivity index (χ1) is 15.2. The number of rotatable bonds is 6. The van der Waals surface area contributed by atoms with Gasteiger partial charge in [-0.2, -0.15) is 0 Å². The van der Waals surface area contributed by atoms with Gasteiger partial charge in [0.15, 0.2) is 0 Å². The molecule has 160 valence electrons. The summed E-state index contributed by atoms with van der Waals surface area (Å²) >= 11 is 0. The molecule has 0 aliphatic carbocycles. The van der Waals surface area contributed by atoms with Crippen LogP contribution in [0.5, 0.6) is 0 Å². The number of benzene rings is 3. The highest BCUT2D eigenvalue weighted by atomic mass is 19.1. The molecule has 0 radical (unpaired) electrons. The van der Waals surface area contributed by atoms with Crippen molar-refractivity contribution in [3.8, 4) is 0 Å². The van der Waals surface area contributed by atoms with Crippen molar-refractivity contribution < 1.29 is 9.18 Å². The van der Waals surface area contributed by atoms with Crippen molar-refractivity contribution in [1.82, 2.24) is 10.2 Å². The lowest BCUT2D eigenvalue weighted by atomic mass is 10.1. The first-order valence-electron chi connectivity index (χ1n) is 10.6. The fourth-order valence-corrected chi connectivity index (χ4v) is 3.71. The molecule has 6 heteroatoms. The maximum Gasteiger partial charge on any atom is 0.319 e. The van der Waals surface area contributed by atoms with Crippen LogP contribution in [-0.4, -0.2) is 37.1 Å². The number of nitrogens with one attached hydrogen (secondary N) is 2. The Morgan fingerprint density at radius 2 is 1.45 bits per heavy atom. The van der Waals surface area contributed by atoms with Crippen LogP contribution < -0.4 is 15.5 Å². The number of piperazine rings is 1. The maximum atomic E-state index is 12.9. The molecule has 0 atom stereocenters. The normalized spacial score (nSPS) is 14.3. The Hall–Kier alpha value is -3.38. The van der Waals surface area contributed by atoms with Crippen molar-refractivity contribution >= 4 is 17.4 Å². The largest absolute Gasteiger partial charge is 0.369 e. The minimum atomic E-state index is -0.286. The van der Waals surface area contributed by atoms with Crippen LogP contribution >= 0.6 is 0 Å². The zero-order valence-electron chi connectivity index (χ0n) is 17.4. The van der Waals surface area contributed by atoms with Crippen LogP contribution in [0.2, 0.25) is 0 Å². The first kappa shape index (κ1) is 20.9. The van der Waals surface area contributed by atoms with Crippen LogP contribution in [0.15, 0.2) is 78.9 Å². The highest BCUT2D eigenvalue weighted by Crippen LogP contribution is 2.17. The van der Waals surface area contributed by atoms with Crippen LogP contribution in [0.3, 0.4) is 0 Å². The van der Waals surface area contributed by atoms with E-state index in [2.05, 4.69) is 56.8 Å². The van der Waals surface area contributed by atoms with E-state index in [9.17, 15) is 9.18 Å². The molecule has 1 saturated heterocycles. The van der Waals surface area contributed by atoms with Crippen molar-refractivity contribution in [2.45, 2.75) is 13.1 Å². The minimum Gasteiger partial charge on any atom is -0.369 e. The van der Waals surface area contributed by atoms with Crippen LogP contribution in [-0.2, 0) is 13.1 Å². The van der Waals surface area contributed by atoms with Crippen LogP contribution in [0.1, 0.15) is 11.1 Å². The molecule has 1 heterocycles. The summed E-state index contributed by atoms with van der Waals surface area (Å²) in [7, 11) is 0. The summed E-state index contributed by atoms with van der Waals surface area (Å²) in [5.41, 5.74) is 4.11. The molecule has 1 aliphatic rings. The predicted molar refractivity (Wildman–Crippen MR) is 123 cm³/mol. The summed E-state index contributed by atoms with van der Waals surface area (Å²) in [4.78, 5) is 17.0. The number of hydrogen-bond donors (Lipinski definition) is 2. The van der Waals surface area contributed by atoms with Gasteiger partial charge in [-0.1, -0.05) is 42.5 Å². The van der Waals surface area contributed by atoms with Gasteiger partial charge in [0.2, 0.25) is 0 Å². The highest BCUT2D eigenvalue weighted by molar-refractivity contribution is 5.89. The van der Waals surface area contributed by atoms with E-state index >= 15 is 0 Å². The second kappa shape index (κ2) is 10.1. The van der Waals surface area contributed by atoms with E-state index in [0.29, 0.717) is 6.54 Å². The summed E-state index contributed by atoms with van der Waals surface area (Å²) in [5, 5.41) is 5.61. The Bertz CT molecular complexity index is 969. The molecule has 1 fully saturated rings. The standard InChI is InChI=1S/C25H27FN4O/c26-22-10-6-20(7-11-22)18-27-25(31)28-23-12-8-21(9-13-23)19-29-14-16-30(17-15-29)24-4-2-1-3-5-24/h1-13H,14-19H2,(H2,27,28,31). The average Bonchev–Trinajstić information content (AvgIpc) is 2.81. The molecule has 5 nitrogen and oxygen atoms in total. The van der Waals surface area contributed by atoms with Gasteiger partial charge in [0.05, 0.1) is 0 Å². The molecular weight excluding hydrogens is 391 g/mol. The summed E-state index contributed by atoms with van der Waals surface area (Å²) in [6, 6.07) is 24.3. The molecule has 3 aromatic rings. The Balaban J connectivity index is 1.21. The maximum absolute atomic E-state index is 12.9. The van der Waals surface area contributed by atoms with Crippen LogP contribution in [0.25, 0.3) is 0 Å². The van der Waals surface area contributed by atoms with Gasteiger partial charge >= 0.3 is 6.03 Å². The Kier molecular flexibility index (Phi) is 6.79. The zero-order chi connectivity index (χ0) is 21.5. The predicted octanol–water partition coefficient (Wildman–Crippen LogP) is 4.47. The third-order valence-corrected chi connectivity index (χ3v) is 5.48. The number of carbonyl (C=O) groups excluding carboxylic acids is 1. The molecule has 0 unspecified atom stereocenters. The fourth-order valence-electron chi connectivity index (χ4n) is 3.71. The van der Waals surface area contributed by atoms with E-state index in [0.717, 1.165) is 44.0 Å². The van der Waals surface area contributed by atoms with E-state index in [4.69, 9.17) is 0 Å². The summed E-state index contributed by atoms with van der Waals surface area (Å²) in [6.07, 6.45) is 0. The van der Waals surface area contributed by atoms with E-state index < -0.39 is 0 Å². The van der Waals surface area contributed by atoms with E-state index in [1.165, 1.54) is 23.4 Å². The number of nitrogens with zero attached hydrogens (tertiary/aromatic N) is 2. The lowest BCUT2D eigenvalue weighted by molar-refractivity contribution is 0.250. The molecule has 2 N–H and O–H groups in total. The second-order valence-corrected chi connectivity index (χ2v) is 7.73. The third kappa shape index (κ3) is 6.06. The number of halogens is 1. The number of anilines is 2. The van der Waals surface area contributed by atoms with Crippen molar-refractivity contribution in [1.29, 1.82) is 0 Å². The lowest BCUT2D eigenvalue weighted by Crippen LogP contribution is -2.45. The van der Waals surface area contributed by atoms with Crippen LogP contribution in [0.4, 0.5) is 20.6 Å². The minimum absolute atomic E-state index is 0.283. The zero-order valence-corrected chi connectivity index (χ0v) is 17.4. The summed E-state index contributed by atoms with van der Waals surface area (Å²) in [6.45, 7) is 5.36. The number of para-hydroxylation sites is 1. The van der Waals surface area contributed by atoms with Gasteiger partial charge in [-0.3, -0.25) is 4.90 Å².